The van der Waals surface area contributed by atoms with E-state index >= 15 is 0 Å². The van der Waals surface area contributed by atoms with Crippen LogP contribution < -0.4 is 21.3 Å². The molecule has 3 rings (SSSR count). The second kappa shape index (κ2) is 10.5. The molecule has 1 saturated heterocycles. The van der Waals surface area contributed by atoms with Gasteiger partial charge in [-0.2, -0.15) is 0 Å². The number of nitrogens with one attached hydrogen (secondary N) is 4. The minimum atomic E-state index is 0.605. The average molecular weight is 341 g/mol. The molecule has 4 nitrogen and oxygen atoms in total. The van der Waals surface area contributed by atoms with E-state index in [-0.39, 0.29) is 0 Å². The molecular weight excluding hydrogens is 308 g/mol. The SMILES string of the molecule is c1ccc2c(CC3CNCCNCCCNCCNC3)cccc2c1. The molecule has 1 heterocycles. The fraction of sp³-hybridized carbons (Fsp3) is 0.524. The zero-order valence-electron chi connectivity index (χ0n) is 15.2. The molecule has 1 fully saturated rings. The van der Waals surface area contributed by atoms with E-state index in [1.54, 1.807) is 0 Å². The molecular formula is C21H32N4. The van der Waals surface area contributed by atoms with Gasteiger partial charge in [-0.25, -0.2) is 0 Å². The monoisotopic (exact) mass is 340 g/mol. The van der Waals surface area contributed by atoms with Gasteiger partial charge < -0.3 is 21.3 Å². The van der Waals surface area contributed by atoms with Crippen LogP contribution in [0.4, 0.5) is 0 Å². The van der Waals surface area contributed by atoms with Gasteiger partial charge in [0.05, 0.1) is 0 Å². The molecule has 25 heavy (non-hydrogen) atoms. The van der Waals surface area contributed by atoms with Gasteiger partial charge >= 0.3 is 0 Å². The number of hydrogen-bond donors (Lipinski definition) is 4. The van der Waals surface area contributed by atoms with Crippen molar-refractivity contribution in [3.63, 3.8) is 0 Å². The third-order valence-electron chi connectivity index (χ3n) is 4.92. The van der Waals surface area contributed by atoms with E-state index in [1.165, 1.54) is 22.8 Å². The summed E-state index contributed by atoms with van der Waals surface area (Å²) in [5, 5.41) is 17.0. The molecule has 2 aromatic rings. The van der Waals surface area contributed by atoms with E-state index in [2.05, 4.69) is 63.7 Å². The number of benzene rings is 2. The minimum absolute atomic E-state index is 0.605. The van der Waals surface area contributed by atoms with Gasteiger partial charge in [-0.3, -0.25) is 0 Å². The first-order chi connectivity index (χ1) is 12.4. The first kappa shape index (κ1) is 18.3. The molecule has 0 spiro atoms. The molecule has 1 aliphatic rings. The van der Waals surface area contributed by atoms with Crippen molar-refractivity contribution in [1.29, 1.82) is 0 Å². The predicted molar refractivity (Wildman–Crippen MR) is 107 cm³/mol. The zero-order chi connectivity index (χ0) is 17.2. The Hall–Kier alpha value is -1.46. The van der Waals surface area contributed by atoms with Crippen LogP contribution >= 0.6 is 0 Å². The Morgan fingerprint density at radius 2 is 1.32 bits per heavy atom. The Kier molecular flexibility index (Phi) is 7.71. The average Bonchev–Trinajstić information content (AvgIpc) is 2.65. The summed E-state index contributed by atoms with van der Waals surface area (Å²) in [5.74, 6) is 0.605. The Balaban J connectivity index is 1.62. The molecule has 0 aromatic heterocycles. The molecule has 0 saturated carbocycles. The lowest BCUT2D eigenvalue weighted by Gasteiger charge is -2.20. The Morgan fingerprint density at radius 1 is 0.680 bits per heavy atom. The van der Waals surface area contributed by atoms with Gasteiger partial charge in [0.25, 0.3) is 0 Å². The lowest BCUT2D eigenvalue weighted by Crippen LogP contribution is -2.39. The molecule has 2 aromatic carbocycles. The number of hydrogen-bond acceptors (Lipinski definition) is 4. The maximum Gasteiger partial charge on any atom is 0.00768 e. The zero-order valence-corrected chi connectivity index (χ0v) is 15.2. The van der Waals surface area contributed by atoms with Crippen LogP contribution in [0.25, 0.3) is 10.8 Å². The molecule has 0 aliphatic carbocycles. The maximum atomic E-state index is 3.64. The van der Waals surface area contributed by atoms with Crippen LogP contribution in [0.15, 0.2) is 42.5 Å². The summed E-state index contributed by atoms with van der Waals surface area (Å²) in [6, 6.07) is 15.4. The summed E-state index contributed by atoms with van der Waals surface area (Å²) in [6.45, 7) is 8.50. The van der Waals surface area contributed by atoms with Crippen molar-refractivity contribution < 1.29 is 0 Å². The largest absolute Gasteiger partial charge is 0.315 e. The topological polar surface area (TPSA) is 48.1 Å². The van der Waals surface area contributed by atoms with Crippen molar-refractivity contribution in [2.24, 2.45) is 5.92 Å². The van der Waals surface area contributed by atoms with Crippen LogP contribution in [0.1, 0.15) is 12.0 Å². The normalized spacial score (nSPS) is 19.5. The van der Waals surface area contributed by atoms with E-state index in [0.717, 1.165) is 58.8 Å². The van der Waals surface area contributed by atoms with Gasteiger partial charge in [-0.1, -0.05) is 42.5 Å². The van der Waals surface area contributed by atoms with Crippen molar-refractivity contribution in [1.82, 2.24) is 21.3 Å². The second-order valence-corrected chi connectivity index (χ2v) is 6.97. The second-order valence-electron chi connectivity index (χ2n) is 6.97. The van der Waals surface area contributed by atoms with E-state index in [0.29, 0.717) is 5.92 Å². The lowest BCUT2D eigenvalue weighted by atomic mass is 9.94. The summed E-state index contributed by atoms with van der Waals surface area (Å²) >= 11 is 0. The van der Waals surface area contributed by atoms with Crippen LogP contribution in [-0.2, 0) is 6.42 Å². The molecule has 0 radical (unpaired) electrons. The first-order valence-corrected chi connectivity index (χ1v) is 9.73. The van der Waals surface area contributed by atoms with Crippen LogP contribution in [0, 0.1) is 5.92 Å². The van der Waals surface area contributed by atoms with Gasteiger partial charge in [0, 0.05) is 26.2 Å². The highest BCUT2D eigenvalue weighted by Gasteiger charge is 2.11. The van der Waals surface area contributed by atoms with E-state index in [1.807, 2.05) is 0 Å². The standard InChI is InChI=1S/C21H32N4/c1-2-8-21-19(5-1)6-3-7-20(21)15-18-16-24-13-11-22-9-4-10-23-12-14-25-17-18/h1-3,5-8,18,22-25H,4,9-17H2. The van der Waals surface area contributed by atoms with Crippen LogP contribution in [0.2, 0.25) is 0 Å². The van der Waals surface area contributed by atoms with E-state index < -0.39 is 0 Å². The van der Waals surface area contributed by atoms with Gasteiger partial charge in [-0.05, 0) is 61.3 Å². The van der Waals surface area contributed by atoms with Crippen LogP contribution in [-0.4, -0.2) is 52.4 Å². The van der Waals surface area contributed by atoms with Crippen molar-refractivity contribution in [2.45, 2.75) is 12.8 Å². The third kappa shape index (κ3) is 6.08. The molecule has 1 aliphatic heterocycles. The fourth-order valence-corrected chi connectivity index (χ4v) is 3.55. The molecule has 136 valence electrons. The van der Waals surface area contributed by atoms with E-state index in [9.17, 15) is 0 Å². The quantitative estimate of drug-likeness (QED) is 0.673. The summed E-state index contributed by atoms with van der Waals surface area (Å²) < 4.78 is 0. The highest BCUT2D eigenvalue weighted by molar-refractivity contribution is 5.85. The Labute approximate surface area is 151 Å². The summed E-state index contributed by atoms with van der Waals surface area (Å²) in [4.78, 5) is 0. The molecule has 0 bridgehead atoms. The fourth-order valence-electron chi connectivity index (χ4n) is 3.55. The third-order valence-corrected chi connectivity index (χ3v) is 4.92. The van der Waals surface area contributed by atoms with Gasteiger partial charge in [-0.15, -0.1) is 0 Å². The molecule has 0 atom stereocenters. The van der Waals surface area contributed by atoms with Crippen molar-refractivity contribution in [3.05, 3.63) is 48.0 Å². The highest BCUT2D eigenvalue weighted by Crippen LogP contribution is 2.21. The molecule has 0 unspecified atom stereocenters. The minimum Gasteiger partial charge on any atom is -0.315 e. The van der Waals surface area contributed by atoms with E-state index in [4.69, 9.17) is 0 Å². The first-order valence-electron chi connectivity index (χ1n) is 9.73. The highest BCUT2D eigenvalue weighted by atomic mass is 15.0. The summed E-state index contributed by atoms with van der Waals surface area (Å²) in [6.07, 6.45) is 2.31. The van der Waals surface area contributed by atoms with Gasteiger partial charge in [0.2, 0.25) is 0 Å². The molecule has 0 amide bonds. The van der Waals surface area contributed by atoms with Crippen LogP contribution in [0.5, 0.6) is 0 Å². The predicted octanol–water partition coefficient (Wildman–Crippen LogP) is 1.76. The smallest absolute Gasteiger partial charge is 0.00768 e. The summed E-state index contributed by atoms with van der Waals surface area (Å²) in [5.41, 5.74) is 1.46. The number of rotatable bonds is 2. The number of fused-ring (bicyclic) bond motifs is 1. The van der Waals surface area contributed by atoms with Gasteiger partial charge in [0.1, 0.15) is 0 Å². The van der Waals surface area contributed by atoms with Crippen LogP contribution in [0.3, 0.4) is 0 Å². The van der Waals surface area contributed by atoms with Crippen molar-refractivity contribution >= 4 is 10.8 Å². The van der Waals surface area contributed by atoms with Crippen molar-refractivity contribution in [2.75, 3.05) is 52.4 Å². The maximum absolute atomic E-state index is 3.64. The Morgan fingerprint density at radius 3 is 2.08 bits per heavy atom. The Bertz CT molecular complexity index is 609. The van der Waals surface area contributed by atoms with Crippen molar-refractivity contribution in [3.8, 4) is 0 Å². The van der Waals surface area contributed by atoms with Gasteiger partial charge in [0.15, 0.2) is 0 Å². The lowest BCUT2D eigenvalue weighted by molar-refractivity contribution is 0.431. The summed E-state index contributed by atoms with van der Waals surface area (Å²) in [7, 11) is 0. The molecule has 4 heteroatoms. The molecule has 4 N–H and O–H groups in total.